The third kappa shape index (κ3) is 3.37. The minimum atomic E-state index is -0.255. The molecule has 0 aliphatic rings. The van der Waals surface area contributed by atoms with E-state index in [2.05, 4.69) is 31.9 Å². The summed E-state index contributed by atoms with van der Waals surface area (Å²) < 4.78 is 1.13. The molecular weight excluding hydrogens is 372 g/mol. The second kappa shape index (κ2) is 5.77. The van der Waals surface area contributed by atoms with E-state index in [0.29, 0.717) is 14.5 Å². The number of allylic oxidation sites excluding steroid dienone is 1. The Morgan fingerprint density at radius 2 is 1.74 bits per heavy atom. The average molecular weight is 384 g/mol. The van der Waals surface area contributed by atoms with Gasteiger partial charge in [-0.15, -0.1) is 0 Å². The van der Waals surface area contributed by atoms with E-state index in [4.69, 9.17) is 10.5 Å². The number of phenolic OH excluding ortho intramolecular Hbond substituents is 1. The Balaban J connectivity index is 3.62. The molecule has 0 radical (unpaired) electrons. The number of hydrogen-bond acceptors (Lipinski definition) is 3. The van der Waals surface area contributed by atoms with E-state index < -0.39 is 0 Å². The fourth-order valence-corrected chi connectivity index (χ4v) is 2.42. The number of nitrogens with zero attached hydrogens (tertiary/aromatic N) is 2. The minimum absolute atomic E-state index is 0.0122. The molecule has 1 aromatic rings. The van der Waals surface area contributed by atoms with Gasteiger partial charge in [0.05, 0.1) is 4.47 Å². The summed E-state index contributed by atoms with van der Waals surface area (Å²) in [6.07, 6.45) is 1.49. The van der Waals surface area contributed by atoms with Gasteiger partial charge in [-0.05, 0) is 55.0 Å². The number of benzene rings is 1. The van der Waals surface area contributed by atoms with Gasteiger partial charge in [-0.1, -0.05) is 20.8 Å². The molecule has 98 valence electrons. The zero-order valence-corrected chi connectivity index (χ0v) is 13.9. The third-order valence-electron chi connectivity index (χ3n) is 2.56. The van der Waals surface area contributed by atoms with Crippen molar-refractivity contribution in [2.75, 3.05) is 0 Å². The SMILES string of the molecule is CC(C)(C)c1cc(C=C(C#N)C#N)c(Br)c(Br)c1O. The van der Waals surface area contributed by atoms with Gasteiger partial charge in [0.15, 0.2) is 0 Å². The van der Waals surface area contributed by atoms with Crippen molar-refractivity contribution < 1.29 is 5.11 Å². The largest absolute Gasteiger partial charge is 0.506 e. The predicted octanol–water partition coefficient (Wildman–Crippen LogP) is 4.65. The predicted molar refractivity (Wildman–Crippen MR) is 81.4 cm³/mol. The third-order valence-corrected chi connectivity index (χ3v) is 4.72. The summed E-state index contributed by atoms with van der Waals surface area (Å²) >= 11 is 6.66. The summed E-state index contributed by atoms with van der Waals surface area (Å²) in [6.45, 7) is 5.93. The van der Waals surface area contributed by atoms with Crippen molar-refractivity contribution in [1.29, 1.82) is 10.5 Å². The Hall–Kier alpha value is -1.30. The summed E-state index contributed by atoms with van der Waals surface area (Å²) in [5.74, 6) is 0.159. The fraction of sp³-hybridized carbons (Fsp3) is 0.286. The van der Waals surface area contributed by atoms with Crippen molar-refractivity contribution in [3.8, 4) is 17.9 Å². The maximum Gasteiger partial charge on any atom is 0.134 e. The second-order valence-corrected chi connectivity index (χ2v) is 6.61. The van der Waals surface area contributed by atoms with Crippen LogP contribution < -0.4 is 0 Å². The Labute approximate surface area is 129 Å². The summed E-state index contributed by atoms with van der Waals surface area (Å²) in [5.41, 5.74) is 1.17. The second-order valence-electron chi connectivity index (χ2n) is 5.02. The molecule has 1 aromatic carbocycles. The number of aromatic hydroxyl groups is 1. The zero-order chi connectivity index (χ0) is 14.8. The molecule has 1 N–H and O–H groups in total. The van der Waals surface area contributed by atoms with E-state index in [1.165, 1.54) is 6.08 Å². The van der Waals surface area contributed by atoms with Crippen LogP contribution in [0, 0.1) is 22.7 Å². The van der Waals surface area contributed by atoms with E-state index in [1.54, 1.807) is 6.07 Å². The first-order chi connectivity index (χ1) is 8.72. The van der Waals surface area contributed by atoms with Crippen molar-refractivity contribution in [1.82, 2.24) is 0 Å². The highest BCUT2D eigenvalue weighted by Gasteiger charge is 2.22. The van der Waals surface area contributed by atoms with Crippen molar-refractivity contribution in [2.24, 2.45) is 0 Å². The molecule has 0 aliphatic carbocycles. The lowest BCUT2D eigenvalue weighted by Gasteiger charge is -2.22. The summed E-state index contributed by atoms with van der Waals surface area (Å²) in [4.78, 5) is 0. The number of rotatable bonds is 1. The van der Waals surface area contributed by atoms with Crippen molar-refractivity contribution >= 4 is 37.9 Å². The summed E-state index contributed by atoms with van der Waals surface area (Å²) in [6, 6.07) is 5.42. The van der Waals surface area contributed by atoms with Gasteiger partial charge >= 0.3 is 0 Å². The minimum Gasteiger partial charge on any atom is -0.506 e. The smallest absolute Gasteiger partial charge is 0.134 e. The van der Waals surface area contributed by atoms with E-state index in [9.17, 15) is 5.11 Å². The van der Waals surface area contributed by atoms with Crippen LogP contribution in [0.3, 0.4) is 0 Å². The molecular formula is C14H12Br2N2O. The van der Waals surface area contributed by atoms with Crippen LogP contribution in [0.1, 0.15) is 31.9 Å². The zero-order valence-electron chi connectivity index (χ0n) is 10.8. The van der Waals surface area contributed by atoms with Crippen LogP contribution in [0.25, 0.3) is 6.08 Å². The lowest BCUT2D eigenvalue weighted by molar-refractivity contribution is 0.443. The first-order valence-corrected chi connectivity index (χ1v) is 7.04. The van der Waals surface area contributed by atoms with Gasteiger partial charge in [0.2, 0.25) is 0 Å². The molecule has 0 saturated heterocycles. The molecule has 5 heteroatoms. The summed E-state index contributed by atoms with van der Waals surface area (Å²) in [5, 5.41) is 27.8. The van der Waals surface area contributed by atoms with Crippen LogP contribution in [0.4, 0.5) is 0 Å². The molecule has 0 heterocycles. The lowest BCUT2D eigenvalue weighted by Crippen LogP contribution is -2.12. The quantitative estimate of drug-likeness (QED) is 0.718. The molecule has 0 amide bonds. The Morgan fingerprint density at radius 3 is 2.16 bits per heavy atom. The van der Waals surface area contributed by atoms with Gasteiger partial charge in [-0.2, -0.15) is 10.5 Å². The van der Waals surface area contributed by atoms with Crippen LogP contribution >= 0.6 is 31.9 Å². The molecule has 3 nitrogen and oxygen atoms in total. The first kappa shape index (κ1) is 15.8. The van der Waals surface area contributed by atoms with E-state index in [1.807, 2.05) is 32.9 Å². The summed E-state index contributed by atoms with van der Waals surface area (Å²) in [7, 11) is 0. The highest BCUT2D eigenvalue weighted by Crippen LogP contribution is 2.42. The van der Waals surface area contributed by atoms with Gasteiger partial charge in [0.25, 0.3) is 0 Å². The molecule has 0 aliphatic heterocycles. The monoisotopic (exact) mass is 382 g/mol. The topological polar surface area (TPSA) is 67.8 Å². The molecule has 0 bridgehead atoms. The number of phenols is 1. The van der Waals surface area contributed by atoms with Crippen LogP contribution in [0.2, 0.25) is 0 Å². The van der Waals surface area contributed by atoms with Gasteiger partial charge in [0, 0.05) is 10.0 Å². The van der Waals surface area contributed by atoms with E-state index >= 15 is 0 Å². The van der Waals surface area contributed by atoms with Crippen LogP contribution in [0.15, 0.2) is 20.6 Å². The standard InChI is InChI=1S/C14H12Br2N2O/c1-14(2,3)10-5-9(4-8(6-17)7-18)11(15)12(16)13(10)19/h4-5,19H,1-3H3. The van der Waals surface area contributed by atoms with Gasteiger partial charge in [0.1, 0.15) is 23.5 Å². The normalized spacial score (nSPS) is 10.5. The highest BCUT2D eigenvalue weighted by atomic mass is 79.9. The number of hydrogen-bond donors (Lipinski definition) is 1. The van der Waals surface area contributed by atoms with Crippen molar-refractivity contribution in [2.45, 2.75) is 26.2 Å². The van der Waals surface area contributed by atoms with E-state index in [-0.39, 0.29) is 16.7 Å². The Kier molecular flexibility index (Phi) is 4.79. The van der Waals surface area contributed by atoms with Gasteiger partial charge in [-0.25, -0.2) is 0 Å². The molecule has 0 aromatic heterocycles. The van der Waals surface area contributed by atoms with Crippen molar-refractivity contribution in [3.05, 3.63) is 31.7 Å². The maximum atomic E-state index is 10.2. The average Bonchev–Trinajstić information content (AvgIpc) is 2.34. The van der Waals surface area contributed by atoms with E-state index in [0.717, 1.165) is 5.56 Å². The van der Waals surface area contributed by atoms with Crippen LogP contribution in [-0.4, -0.2) is 5.11 Å². The Morgan fingerprint density at radius 1 is 1.21 bits per heavy atom. The van der Waals surface area contributed by atoms with Gasteiger partial charge in [-0.3, -0.25) is 0 Å². The van der Waals surface area contributed by atoms with Crippen molar-refractivity contribution in [3.63, 3.8) is 0 Å². The van der Waals surface area contributed by atoms with Gasteiger partial charge < -0.3 is 5.11 Å². The maximum absolute atomic E-state index is 10.2. The molecule has 19 heavy (non-hydrogen) atoms. The van der Waals surface area contributed by atoms with Crippen LogP contribution in [0.5, 0.6) is 5.75 Å². The Bertz CT molecular complexity index is 613. The fourth-order valence-electron chi connectivity index (χ4n) is 1.56. The molecule has 1 rings (SSSR count). The molecule has 0 atom stereocenters. The highest BCUT2D eigenvalue weighted by molar-refractivity contribution is 9.13. The number of nitriles is 2. The molecule has 0 spiro atoms. The first-order valence-electron chi connectivity index (χ1n) is 5.45. The van der Waals surface area contributed by atoms with Crippen LogP contribution in [-0.2, 0) is 5.41 Å². The lowest BCUT2D eigenvalue weighted by atomic mass is 9.85. The molecule has 0 unspecified atom stereocenters. The molecule has 0 saturated carbocycles. The number of halogens is 2. The molecule has 0 fully saturated rings.